The van der Waals surface area contributed by atoms with Gasteiger partial charge in [0.1, 0.15) is 0 Å². The second-order valence-corrected chi connectivity index (χ2v) is 5.94. The summed E-state index contributed by atoms with van der Waals surface area (Å²) in [5, 5.41) is 0. The van der Waals surface area contributed by atoms with Gasteiger partial charge >= 0.3 is 0 Å². The van der Waals surface area contributed by atoms with Gasteiger partial charge < -0.3 is 0 Å². The zero-order chi connectivity index (χ0) is 11.6. The smallest absolute Gasteiger partial charge is 0.00497 e. The summed E-state index contributed by atoms with van der Waals surface area (Å²) in [4.78, 5) is 0. The van der Waals surface area contributed by atoms with Crippen LogP contribution in [0.4, 0.5) is 0 Å². The van der Waals surface area contributed by atoms with Crippen molar-refractivity contribution in [2.45, 2.75) is 51.9 Å². The molecule has 0 heterocycles. The van der Waals surface area contributed by atoms with Crippen LogP contribution in [0.5, 0.6) is 0 Å². The first-order valence-electron chi connectivity index (χ1n) is 6.68. The van der Waals surface area contributed by atoms with Crippen molar-refractivity contribution in [3.05, 3.63) is 35.9 Å². The molecular formula is C16H24. The van der Waals surface area contributed by atoms with Crippen LogP contribution in [0.25, 0.3) is 0 Å². The molecule has 0 radical (unpaired) electrons. The highest BCUT2D eigenvalue weighted by molar-refractivity contribution is 5.25. The molecule has 0 N–H and O–H groups in total. The molecule has 0 amide bonds. The average Bonchev–Trinajstić information content (AvgIpc) is 2.24. The Hall–Kier alpha value is -0.780. The van der Waals surface area contributed by atoms with Gasteiger partial charge in [-0.05, 0) is 29.2 Å². The van der Waals surface area contributed by atoms with Gasteiger partial charge in [0.25, 0.3) is 0 Å². The zero-order valence-corrected chi connectivity index (χ0v) is 10.9. The molecule has 0 aliphatic heterocycles. The third-order valence-corrected chi connectivity index (χ3v) is 4.64. The Morgan fingerprint density at radius 2 is 1.81 bits per heavy atom. The summed E-state index contributed by atoms with van der Waals surface area (Å²) >= 11 is 0. The standard InChI is InChI=1S/C16H24/c1-13(2)16(3,12-14-8-7-9-14)15-10-5-4-6-11-15/h4-6,10-11,13-14H,7-9,12H2,1-3H3. The van der Waals surface area contributed by atoms with Crippen LogP contribution >= 0.6 is 0 Å². The van der Waals surface area contributed by atoms with Gasteiger partial charge in [0, 0.05) is 0 Å². The fourth-order valence-electron chi connectivity index (χ4n) is 2.80. The van der Waals surface area contributed by atoms with E-state index < -0.39 is 0 Å². The molecule has 0 nitrogen and oxygen atoms in total. The summed E-state index contributed by atoms with van der Waals surface area (Å²) in [6.07, 6.45) is 5.73. The normalized spacial score (nSPS) is 20.5. The molecule has 1 aromatic rings. The molecule has 88 valence electrons. The average molecular weight is 216 g/mol. The molecule has 0 bridgehead atoms. The quantitative estimate of drug-likeness (QED) is 0.678. The van der Waals surface area contributed by atoms with Gasteiger partial charge in [0.2, 0.25) is 0 Å². The van der Waals surface area contributed by atoms with E-state index in [1.54, 1.807) is 0 Å². The van der Waals surface area contributed by atoms with Crippen LogP contribution in [-0.4, -0.2) is 0 Å². The van der Waals surface area contributed by atoms with E-state index in [2.05, 4.69) is 51.1 Å². The first kappa shape index (κ1) is 11.7. The van der Waals surface area contributed by atoms with E-state index in [0.717, 1.165) is 11.8 Å². The van der Waals surface area contributed by atoms with Gasteiger partial charge in [0.15, 0.2) is 0 Å². The molecule has 1 aliphatic carbocycles. The summed E-state index contributed by atoms with van der Waals surface area (Å²) in [7, 11) is 0. The molecule has 0 spiro atoms. The van der Waals surface area contributed by atoms with Crippen LogP contribution in [0.15, 0.2) is 30.3 Å². The Balaban J connectivity index is 2.20. The Labute approximate surface area is 100 Å². The molecule has 1 aliphatic rings. The van der Waals surface area contributed by atoms with E-state index in [0.29, 0.717) is 5.41 Å². The molecule has 0 saturated heterocycles. The highest BCUT2D eigenvalue weighted by atomic mass is 14.4. The predicted molar refractivity (Wildman–Crippen MR) is 70.6 cm³/mol. The highest BCUT2D eigenvalue weighted by Gasteiger charge is 2.34. The van der Waals surface area contributed by atoms with Crippen molar-refractivity contribution in [3.8, 4) is 0 Å². The van der Waals surface area contributed by atoms with Gasteiger partial charge in [-0.2, -0.15) is 0 Å². The third kappa shape index (κ3) is 2.16. The van der Waals surface area contributed by atoms with Crippen molar-refractivity contribution in [2.75, 3.05) is 0 Å². The highest BCUT2D eigenvalue weighted by Crippen LogP contribution is 2.43. The fourth-order valence-corrected chi connectivity index (χ4v) is 2.80. The number of hydrogen-bond donors (Lipinski definition) is 0. The number of rotatable bonds is 4. The van der Waals surface area contributed by atoms with E-state index >= 15 is 0 Å². The van der Waals surface area contributed by atoms with Crippen LogP contribution in [-0.2, 0) is 5.41 Å². The first-order valence-corrected chi connectivity index (χ1v) is 6.68. The Morgan fingerprint density at radius 3 is 2.25 bits per heavy atom. The van der Waals surface area contributed by atoms with Crippen LogP contribution in [0.1, 0.15) is 52.0 Å². The van der Waals surface area contributed by atoms with Gasteiger partial charge in [-0.3, -0.25) is 0 Å². The summed E-state index contributed by atoms with van der Waals surface area (Å²) in [5.41, 5.74) is 1.89. The van der Waals surface area contributed by atoms with Gasteiger partial charge in [-0.25, -0.2) is 0 Å². The molecule has 0 aromatic heterocycles. The second kappa shape index (κ2) is 4.61. The molecule has 1 atom stereocenters. The molecule has 2 rings (SSSR count). The van der Waals surface area contributed by atoms with Crippen LogP contribution in [0.2, 0.25) is 0 Å². The van der Waals surface area contributed by atoms with Crippen molar-refractivity contribution in [1.82, 2.24) is 0 Å². The van der Waals surface area contributed by atoms with Crippen molar-refractivity contribution in [3.63, 3.8) is 0 Å². The van der Waals surface area contributed by atoms with E-state index in [9.17, 15) is 0 Å². The van der Waals surface area contributed by atoms with Crippen molar-refractivity contribution in [2.24, 2.45) is 11.8 Å². The topological polar surface area (TPSA) is 0 Å². The van der Waals surface area contributed by atoms with Gasteiger partial charge in [0.05, 0.1) is 0 Å². The summed E-state index contributed by atoms with van der Waals surface area (Å²) in [6, 6.07) is 11.1. The minimum atomic E-state index is 0.367. The van der Waals surface area contributed by atoms with Crippen molar-refractivity contribution in [1.29, 1.82) is 0 Å². The van der Waals surface area contributed by atoms with Crippen molar-refractivity contribution < 1.29 is 0 Å². The Kier molecular flexibility index (Phi) is 3.37. The minimum Gasteiger partial charge on any atom is -0.0622 e. The maximum atomic E-state index is 2.45. The van der Waals surface area contributed by atoms with Crippen LogP contribution < -0.4 is 0 Å². The lowest BCUT2D eigenvalue weighted by Crippen LogP contribution is -2.33. The SMILES string of the molecule is CC(C)C(C)(CC1CCC1)c1ccccc1. The lowest BCUT2D eigenvalue weighted by atomic mass is 9.64. The van der Waals surface area contributed by atoms with E-state index in [1.807, 2.05) is 0 Å². The Morgan fingerprint density at radius 1 is 1.19 bits per heavy atom. The summed E-state index contributed by atoms with van der Waals surface area (Å²) in [6.45, 7) is 7.18. The number of hydrogen-bond acceptors (Lipinski definition) is 0. The molecule has 1 saturated carbocycles. The van der Waals surface area contributed by atoms with Crippen molar-refractivity contribution >= 4 is 0 Å². The molecule has 0 heteroatoms. The Bertz CT molecular complexity index is 321. The van der Waals surface area contributed by atoms with Gasteiger partial charge in [-0.15, -0.1) is 0 Å². The summed E-state index contributed by atoms with van der Waals surface area (Å²) in [5.74, 6) is 1.70. The molecular weight excluding hydrogens is 192 g/mol. The summed E-state index contributed by atoms with van der Waals surface area (Å²) < 4.78 is 0. The maximum Gasteiger partial charge on any atom is -0.00497 e. The minimum absolute atomic E-state index is 0.367. The van der Waals surface area contributed by atoms with E-state index in [1.165, 1.54) is 31.2 Å². The molecule has 16 heavy (non-hydrogen) atoms. The third-order valence-electron chi connectivity index (χ3n) is 4.64. The fraction of sp³-hybridized carbons (Fsp3) is 0.625. The maximum absolute atomic E-state index is 2.45. The predicted octanol–water partition coefficient (Wildman–Crippen LogP) is 4.79. The van der Waals surface area contributed by atoms with Crippen LogP contribution in [0, 0.1) is 11.8 Å². The van der Waals surface area contributed by atoms with Gasteiger partial charge in [-0.1, -0.05) is 70.4 Å². The van der Waals surface area contributed by atoms with E-state index in [4.69, 9.17) is 0 Å². The van der Waals surface area contributed by atoms with Crippen LogP contribution in [0.3, 0.4) is 0 Å². The molecule has 1 unspecified atom stereocenters. The monoisotopic (exact) mass is 216 g/mol. The lowest BCUT2D eigenvalue weighted by molar-refractivity contribution is 0.194. The molecule has 1 fully saturated rings. The second-order valence-electron chi connectivity index (χ2n) is 5.94. The lowest BCUT2D eigenvalue weighted by Gasteiger charge is -2.40. The first-order chi connectivity index (χ1) is 7.63. The zero-order valence-electron chi connectivity index (χ0n) is 10.9. The molecule has 1 aromatic carbocycles. The largest absolute Gasteiger partial charge is 0.0622 e. The number of benzene rings is 1. The van der Waals surface area contributed by atoms with E-state index in [-0.39, 0.29) is 0 Å².